The monoisotopic (exact) mass is 255 g/mol. The van der Waals surface area contributed by atoms with Gasteiger partial charge in [-0.2, -0.15) is 0 Å². The molecule has 0 N–H and O–H groups in total. The Morgan fingerprint density at radius 2 is 1.79 bits per heavy atom. The van der Waals surface area contributed by atoms with Gasteiger partial charge in [0.25, 0.3) is 0 Å². The molecule has 0 unspecified atom stereocenters. The molecular formula is C16H17NO2. The molecule has 0 bridgehead atoms. The van der Waals surface area contributed by atoms with E-state index in [2.05, 4.69) is 0 Å². The van der Waals surface area contributed by atoms with E-state index in [0.717, 1.165) is 29.0 Å². The van der Waals surface area contributed by atoms with Gasteiger partial charge in [0.15, 0.2) is 0 Å². The molecule has 0 aromatic heterocycles. The summed E-state index contributed by atoms with van der Waals surface area (Å²) in [5, 5.41) is 0. The van der Waals surface area contributed by atoms with E-state index in [0.29, 0.717) is 5.56 Å². The van der Waals surface area contributed by atoms with Crippen LogP contribution < -0.4 is 9.64 Å². The second-order valence-corrected chi connectivity index (χ2v) is 4.63. The lowest BCUT2D eigenvalue weighted by Gasteiger charge is -2.14. The predicted octanol–water partition coefficient (Wildman–Crippen LogP) is 3.67. The maximum atomic E-state index is 10.8. The molecule has 3 nitrogen and oxygen atoms in total. The number of anilines is 1. The van der Waals surface area contributed by atoms with Crippen molar-refractivity contribution in [1.29, 1.82) is 0 Å². The lowest BCUT2D eigenvalue weighted by atomic mass is 10.1. The lowest BCUT2D eigenvalue weighted by molar-refractivity contribution is 0.112. The first-order valence-corrected chi connectivity index (χ1v) is 6.11. The van der Waals surface area contributed by atoms with E-state index in [4.69, 9.17) is 4.74 Å². The molecule has 0 spiro atoms. The Hall–Kier alpha value is -2.29. The highest BCUT2D eigenvalue weighted by Gasteiger charge is 2.03. The van der Waals surface area contributed by atoms with Crippen molar-refractivity contribution in [2.45, 2.75) is 6.92 Å². The highest BCUT2D eigenvalue weighted by atomic mass is 16.5. The Kier molecular flexibility index (Phi) is 3.85. The number of ether oxygens (including phenoxy) is 1. The molecule has 3 heteroatoms. The molecule has 0 fully saturated rings. The summed E-state index contributed by atoms with van der Waals surface area (Å²) in [6, 6.07) is 13.3. The molecule has 0 aliphatic heterocycles. The third-order valence-corrected chi connectivity index (χ3v) is 2.94. The smallest absolute Gasteiger partial charge is 0.150 e. The summed E-state index contributed by atoms with van der Waals surface area (Å²) in [5.41, 5.74) is 2.68. The highest BCUT2D eigenvalue weighted by molar-refractivity contribution is 5.77. The van der Waals surface area contributed by atoms with Crippen molar-refractivity contribution in [3.63, 3.8) is 0 Å². The van der Waals surface area contributed by atoms with Gasteiger partial charge in [0.05, 0.1) is 0 Å². The molecule has 0 aliphatic rings. The van der Waals surface area contributed by atoms with E-state index < -0.39 is 0 Å². The first kappa shape index (κ1) is 13.1. The maximum absolute atomic E-state index is 10.8. The molecule has 2 aromatic rings. The molecule has 0 amide bonds. The van der Waals surface area contributed by atoms with Crippen LogP contribution in [0.2, 0.25) is 0 Å². The van der Waals surface area contributed by atoms with E-state index in [1.807, 2.05) is 56.3 Å². The Labute approximate surface area is 113 Å². The molecule has 0 atom stereocenters. The van der Waals surface area contributed by atoms with Crippen molar-refractivity contribution in [1.82, 2.24) is 0 Å². The van der Waals surface area contributed by atoms with Crippen LogP contribution >= 0.6 is 0 Å². The van der Waals surface area contributed by atoms with Crippen molar-refractivity contribution in [3.05, 3.63) is 53.6 Å². The number of carbonyl (C=O) groups excluding carboxylic acids is 1. The van der Waals surface area contributed by atoms with Gasteiger partial charge in [-0.1, -0.05) is 6.07 Å². The minimum atomic E-state index is 0.689. The van der Waals surface area contributed by atoms with E-state index in [-0.39, 0.29) is 0 Å². The van der Waals surface area contributed by atoms with Crippen molar-refractivity contribution in [2.75, 3.05) is 19.0 Å². The van der Waals surface area contributed by atoms with E-state index in [1.54, 1.807) is 12.1 Å². The van der Waals surface area contributed by atoms with Gasteiger partial charge in [-0.05, 0) is 42.8 Å². The third-order valence-electron chi connectivity index (χ3n) is 2.94. The van der Waals surface area contributed by atoms with Gasteiger partial charge in [-0.3, -0.25) is 4.79 Å². The molecule has 0 heterocycles. The van der Waals surface area contributed by atoms with Crippen LogP contribution in [-0.4, -0.2) is 20.4 Å². The number of rotatable bonds is 4. The van der Waals surface area contributed by atoms with Crippen LogP contribution in [-0.2, 0) is 0 Å². The molecule has 0 saturated heterocycles. The van der Waals surface area contributed by atoms with Crippen LogP contribution in [0.15, 0.2) is 42.5 Å². The second kappa shape index (κ2) is 5.57. The fourth-order valence-electron chi connectivity index (χ4n) is 1.81. The molecular weight excluding hydrogens is 238 g/mol. The van der Waals surface area contributed by atoms with Gasteiger partial charge in [-0.25, -0.2) is 0 Å². The predicted molar refractivity (Wildman–Crippen MR) is 77.4 cm³/mol. The largest absolute Gasteiger partial charge is 0.457 e. The van der Waals surface area contributed by atoms with E-state index >= 15 is 0 Å². The molecule has 2 aromatic carbocycles. The molecule has 98 valence electrons. The number of nitrogens with zero attached hydrogens (tertiary/aromatic N) is 1. The van der Waals surface area contributed by atoms with Gasteiger partial charge in [0.2, 0.25) is 0 Å². The Bertz CT molecular complexity index is 591. The third kappa shape index (κ3) is 3.13. The zero-order valence-electron chi connectivity index (χ0n) is 11.4. The lowest BCUT2D eigenvalue weighted by Crippen LogP contribution is -2.08. The topological polar surface area (TPSA) is 29.5 Å². The highest BCUT2D eigenvalue weighted by Crippen LogP contribution is 2.26. The van der Waals surface area contributed by atoms with Crippen LogP contribution in [0.25, 0.3) is 0 Å². The van der Waals surface area contributed by atoms with Gasteiger partial charge < -0.3 is 9.64 Å². The summed E-state index contributed by atoms with van der Waals surface area (Å²) in [4.78, 5) is 12.8. The van der Waals surface area contributed by atoms with Crippen LogP contribution in [0, 0.1) is 6.92 Å². The number of hydrogen-bond acceptors (Lipinski definition) is 3. The fourth-order valence-corrected chi connectivity index (χ4v) is 1.81. The van der Waals surface area contributed by atoms with Crippen LogP contribution in [0.3, 0.4) is 0 Å². The quantitative estimate of drug-likeness (QED) is 0.781. The maximum Gasteiger partial charge on any atom is 0.150 e. The van der Waals surface area contributed by atoms with Crippen LogP contribution in [0.5, 0.6) is 11.5 Å². The van der Waals surface area contributed by atoms with Gasteiger partial charge in [0, 0.05) is 31.4 Å². The van der Waals surface area contributed by atoms with Gasteiger partial charge >= 0.3 is 0 Å². The summed E-state index contributed by atoms with van der Waals surface area (Å²) >= 11 is 0. The number of aryl methyl sites for hydroxylation is 1. The first-order chi connectivity index (χ1) is 9.10. The van der Waals surface area contributed by atoms with Crippen molar-refractivity contribution in [2.24, 2.45) is 0 Å². The van der Waals surface area contributed by atoms with Gasteiger partial charge in [-0.15, -0.1) is 0 Å². The molecule has 0 radical (unpaired) electrons. The van der Waals surface area contributed by atoms with E-state index in [9.17, 15) is 4.79 Å². The minimum absolute atomic E-state index is 0.689. The zero-order valence-corrected chi connectivity index (χ0v) is 11.4. The van der Waals surface area contributed by atoms with Gasteiger partial charge in [0.1, 0.15) is 17.8 Å². The fraction of sp³-hybridized carbons (Fsp3) is 0.188. The normalized spacial score (nSPS) is 10.1. The van der Waals surface area contributed by atoms with Crippen molar-refractivity contribution >= 4 is 12.0 Å². The van der Waals surface area contributed by atoms with Crippen molar-refractivity contribution in [3.8, 4) is 11.5 Å². The standard InChI is InChI=1S/C16H17NO2/c1-12-9-16(8-7-13(12)11-18)19-15-6-4-5-14(10-15)17(2)3/h4-11H,1-3H3. The molecule has 2 rings (SSSR count). The zero-order chi connectivity index (χ0) is 13.8. The average Bonchev–Trinajstić information content (AvgIpc) is 2.39. The number of benzene rings is 2. The Morgan fingerprint density at radius 1 is 1.05 bits per heavy atom. The Morgan fingerprint density at radius 3 is 2.42 bits per heavy atom. The second-order valence-electron chi connectivity index (χ2n) is 4.63. The van der Waals surface area contributed by atoms with E-state index in [1.165, 1.54) is 0 Å². The summed E-state index contributed by atoms with van der Waals surface area (Å²) in [5.74, 6) is 1.52. The summed E-state index contributed by atoms with van der Waals surface area (Å²) in [6.45, 7) is 1.90. The van der Waals surface area contributed by atoms with Crippen molar-refractivity contribution < 1.29 is 9.53 Å². The van der Waals surface area contributed by atoms with Crippen LogP contribution in [0.4, 0.5) is 5.69 Å². The Balaban J connectivity index is 2.23. The molecule has 19 heavy (non-hydrogen) atoms. The number of carbonyl (C=O) groups is 1. The molecule has 0 saturated carbocycles. The number of hydrogen-bond donors (Lipinski definition) is 0. The summed E-state index contributed by atoms with van der Waals surface area (Å²) < 4.78 is 5.81. The van der Waals surface area contributed by atoms with Crippen LogP contribution in [0.1, 0.15) is 15.9 Å². The summed E-state index contributed by atoms with van der Waals surface area (Å²) in [6.07, 6.45) is 0.853. The molecule has 0 aliphatic carbocycles. The first-order valence-electron chi connectivity index (χ1n) is 6.11. The number of aldehydes is 1. The SMILES string of the molecule is Cc1cc(Oc2cccc(N(C)C)c2)ccc1C=O. The summed E-state index contributed by atoms with van der Waals surface area (Å²) in [7, 11) is 3.98. The average molecular weight is 255 g/mol. The minimum Gasteiger partial charge on any atom is -0.457 e.